The van der Waals surface area contributed by atoms with Gasteiger partial charge in [0.1, 0.15) is 0 Å². The third kappa shape index (κ3) is 1.57. The maximum absolute atomic E-state index is 12.9. The summed E-state index contributed by atoms with van der Waals surface area (Å²) in [6, 6.07) is 9.00. The summed E-state index contributed by atoms with van der Waals surface area (Å²) in [6.07, 6.45) is 4.16. The maximum Gasteiger partial charge on any atom is 0.352 e. The van der Waals surface area contributed by atoms with Gasteiger partial charge in [-0.25, -0.2) is 23.5 Å². The number of benzene rings is 1. The van der Waals surface area contributed by atoms with Gasteiger partial charge in [-0.05, 0) is 12.1 Å². The van der Waals surface area contributed by atoms with Crippen LogP contribution in [0, 0.1) is 11.8 Å². The summed E-state index contributed by atoms with van der Waals surface area (Å²) in [7, 11) is 0. The highest BCUT2D eigenvalue weighted by Gasteiger charge is 2.60. The van der Waals surface area contributed by atoms with Crippen molar-refractivity contribution < 1.29 is 0 Å². The van der Waals surface area contributed by atoms with Crippen LogP contribution in [-0.4, -0.2) is 23.6 Å². The van der Waals surface area contributed by atoms with E-state index < -0.39 is 0 Å². The fraction of sp³-hybridized carbons (Fsp3) is 0.375. The second-order valence-electron chi connectivity index (χ2n) is 6.33. The van der Waals surface area contributed by atoms with E-state index in [4.69, 9.17) is 0 Å². The summed E-state index contributed by atoms with van der Waals surface area (Å²) in [5.74, 6) is 0.691. The molecule has 7 heteroatoms. The molecule has 2 aliphatic heterocycles. The first kappa shape index (κ1) is 14.0. The van der Waals surface area contributed by atoms with Crippen LogP contribution in [-0.2, 0) is 0 Å². The Bertz CT molecular complexity index is 887. The van der Waals surface area contributed by atoms with Crippen LogP contribution in [0.1, 0.15) is 12.1 Å². The van der Waals surface area contributed by atoms with Gasteiger partial charge >= 0.3 is 11.4 Å². The number of para-hydroxylation sites is 1. The normalized spacial score (nSPS) is 36.4. The molecule has 0 N–H and O–H groups in total. The van der Waals surface area contributed by atoms with E-state index in [1.807, 2.05) is 18.2 Å². The number of allylic oxidation sites excluding steroid dienone is 2. The van der Waals surface area contributed by atoms with Gasteiger partial charge in [0.2, 0.25) is 0 Å². The summed E-state index contributed by atoms with van der Waals surface area (Å²) in [6.45, 7) is 0. The van der Waals surface area contributed by atoms with E-state index in [9.17, 15) is 9.59 Å². The van der Waals surface area contributed by atoms with Crippen LogP contribution in [0.4, 0.5) is 0 Å². The molecule has 2 aromatic rings. The Morgan fingerprint density at radius 2 is 1.26 bits per heavy atom. The summed E-state index contributed by atoms with van der Waals surface area (Å²) in [5, 5.41) is 0. The van der Waals surface area contributed by atoms with Crippen LogP contribution in [0.2, 0.25) is 0 Å². The Hall–Kier alpha value is -1.34. The molecule has 5 nitrogen and oxygen atoms in total. The quantitative estimate of drug-likeness (QED) is 0.506. The Kier molecular flexibility index (Phi) is 2.81. The topological polar surface area (TPSA) is 48.9 Å². The van der Waals surface area contributed by atoms with Gasteiger partial charge in [0, 0.05) is 21.5 Å². The first-order valence-electron chi connectivity index (χ1n) is 7.59. The van der Waals surface area contributed by atoms with E-state index in [-0.39, 0.29) is 23.5 Å². The van der Waals surface area contributed by atoms with Crippen LogP contribution in [0.15, 0.2) is 52.1 Å². The molecule has 0 unspecified atom stereocenters. The SMILES string of the molecule is O=c1n(-c2ccccc2)c(=O)n2n1[C@H]1C=C[C@H]2[C@H]2[C@@H](Br)[C@@H](Br)[C@H]21. The van der Waals surface area contributed by atoms with Crippen LogP contribution >= 0.6 is 31.9 Å². The molecule has 118 valence electrons. The molecule has 0 radical (unpaired) electrons. The van der Waals surface area contributed by atoms with Crippen molar-refractivity contribution >= 4 is 31.9 Å². The van der Waals surface area contributed by atoms with Crippen molar-refractivity contribution in [1.82, 2.24) is 13.9 Å². The Balaban J connectivity index is 1.78. The second kappa shape index (κ2) is 4.60. The lowest BCUT2D eigenvalue weighted by Crippen LogP contribution is -2.63. The minimum absolute atomic E-state index is 0.0617. The molecule has 3 heterocycles. The second-order valence-corrected chi connectivity index (χ2v) is 8.45. The zero-order valence-electron chi connectivity index (χ0n) is 11.9. The van der Waals surface area contributed by atoms with E-state index in [1.54, 1.807) is 21.5 Å². The van der Waals surface area contributed by atoms with Gasteiger partial charge in [0.15, 0.2) is 0 Å². The van der Waals surface area contributed by atoms with Gasteiger partial charge in [-0.15, -0.1) is 0 Å². The molecule has 0 saturated heterocycles. The average molecular weight is 439 g/mol. The van der Waals surface area contributed by atoms with E-state index >= 15 is 0 Å². The first-order valence-corrected chi connectivity index (χ1v) is 9.42. The number of aromatic nitrogens is 3. The summed E-state index contributed by atoms with van der Waals surface area (Å²) in [5.41, 5.74) is 0.114. The minimum atomic E-state index is -0.253. The summed E-state index contributed by atoms with van der Waals surface area (Å²) < 4.78 is 4.58. The standard InChI is InChI=1S/C16H13Br2N3O2/c17-13-11-9-6-7-10(12(11)14(13)18)21-16(23)19(15(22)20(9)21)8-4-2-1-3-5-8/h1-7,9-14H/t9-,10-,11-,12+,13-,14+/m0/s1. The average Bonchev–Trinajstić information content (AvgIpc) is 2.87. The number of hydrogen-bond acceptors (Lipinski definition) is 2. The highest BCUT2D eigenvalue weighted by atomic mass is 79.9. The van der Waals surface area contributed by atoms with E-state index in [0.717, 1.165) is 0 Å². The largest absolute Gasteiger partial charge is 0.352 e. The highest BCUT2D eigenvalue weighted by Crippen LogP contribution is 2.59. The van der Waals surface area contributed by atoms with E-state index in [0.29, 0.717) is 27.2 Å². The molecule has 2 aliphatic carbocycles. The zero-order valence-corrected chi connectivity index (χ0v) is 15.1. The van der Waals surface area contributed by atoms with Crippen LogP contribution in [0.3, 0.4) is 0 Å². The third-order valence-electron chi connectivity index (χ3n) is 5.36. The molecule has 1 aromatic heterocycles. The third-order valence-corrected chi connectivity index (χ3v) is 8.43. The van der Waals surface area contributed by atoms with E-state index in [1.165, 1.54) is 4.57 Å². The predicted octanol–water partition coefficient (Wildman–Crippen LogP) is 2.24. The first-order chi connectivity index (χ1) is 11.1. The highest BCUT2D eigenvalue weighted by molar-refractivity contribution is 9.12. The van der Waals surface area contributed by atoms with Crippen molar-refractivity contribution in [2.24, 2.45) is 11.8 Å². The Labute approximate surface area is 148 Å². The molecule has 1 saturated carbocycles. The van der Waals surface area contributed by atoms with Gasteiger partial charge in [0.05, 0.1) is 17.8 Å². The van der Waals surface area contributed by atoms with Crippen molar-refractivity contribution in [2.45, 2.75) is 21.7 Å². The molecule has 0 spiro atoms. The van der Waals surface area contributed by atoms with Gasteiger partial charge < -0.3 is 0 Å². The number of halogens is 2. The monoisotopic (exact) mass is 437 g/mol. The number of alkyl halides is 2. The maximum atomic E-state index is 12.9. The van der Waals surface area contributed by atoms with Crippen LogP contribution < -0.4 is 11.4 Å². The summed E-state index contributed by atoms with van der Waals surface area (Å²) >= 11 is 7.45. The molecule has 4 aliphatic rings. The van der Waals surface area contributed by atoms with E-state index in [2.05, 4.69) is 44.0 Å². The lowest BCUT2D eigenvalue weighted by Gasteiger charge is -2.57. The molecule has 6 atom stereocenters. The lowest BCUT2D eigenvalue weighted by atomic mass is 9.62. The van der Waals surface area contributed by atoms with Crippen molar-refractivity contribution in [3.8, 4) is 5.69 Å². The van der Waals surface area contributed by atoms with Crippen LogP contribution in [0.5, 0.6) is 0 Å². The lowest BCUT2D eigenvalue weighted by molar-refractivity contribution is 0.0346. The van der Waals surface area contributed by atoms with Crippen molar-refractivity contribution in [1.29, 1.82) is 0 Å². The fourth-order valence-electron chi connectivity index (χ4n) is 4.32. The molecule has 2 bridgehead atoms. The molecule has 6 rings (SSSR count). The summed E-state index contributed by atoms with van der Waals surface area (Å²) in [4.78, 5) is 26.5. The van der Waals surface area contributed by atoms with Crippen LogP contribution in [0.25, 0.3) is 5.69 Å². The Morgan fingerprint density at radius 3 is 1.74 bits per heavy atom. The van der Waals surface area contributed by atoms with Gasteiger partial charge in [-0.3, -0.25) is 0 Å². The molecule has 0 amide bonds. The van der Waals surface area contributed by atoms with Gasteiger partial charge in [0.25, 0.3) is 0 Å². The fourth-order valence-corrected chi connectivity index (χ4v) is 6.36. The number of nitrogens with zero attached hydrogens (tertiary/aromatic N) is 3. The van der Waals surface area contributed by atoms with Crippen molar-refractivity contribution in [3.63, 3.8) is 0 Å². The molecule has 1 aromatic carbocycles. The Morgan fingerprint density at radius 1 is 0.783 bits per heavy atom. The minimum Gasteiger partial charge on any atom is -0.245 e. The molecule has 23 heavy (non-hydrogen) atoms. The number of rotatable bonds is 1. The zero-order chi connectivity index (χ0) is 15.9. The molecule has 1 fully saturated rings. The van der Waals surface area contributed by atoms with Gasteiger partial charge in [-0.2, -0.15) is 0 Å². The van der Waals surface area contributed by atoms with Crippen molar-refractivity contribution in [2.75, 3.05) is 0 Å². The molecular weight excluding hydrogens is 426 g/mol. The van der Waals surface area contributed by atoms with Gasteiger partial charge in [-0.1, -0.05) is 62.2 Å². The van der Waals surface area contributed by atoms with Crippen molar-refractivity contribution in [3.05, 3.63) is 63.5 Å². The smallest absolute Gasteiger partial charge is 0.245 e. The number of hydrogen-bond donors (Lipinski definition) is 0. The predicted molar refractivity (Wildman–Crippen MR) is 93.9 cm³/mol. The molecular formula is C16H13Br2N3O2.